The van der Waals surface area contributed by atoms with Gasteiger partial charge in [0.2, 0.25) is 0 Å². The second kappa shape index (κ2) is 2.79. The van der Waals surface area contributed by atoms with Gasteiger partial charge >= 0.3 is 0 Å². The lowest BCUT2D eigenvalue weighted by Gasteiger charge is -2.50. The van der Waals surface area contributed by atoms with E-state index in [4.69, 9.17) is 0 Å². The molecule has 0 aromatic rings. The summed E-state index contributed by atoms with van der Waals surface area (Å²) in [5.74, 6) is 1.01. The van der Waals surface area contributed by atoms with Crippen LogP contribution in [0.25, 0.3) is 0 Å². The first-order valence-electron chi connectivity index (χ1n) is 6.26. The van der Waals surface area contributed by atoms with E-state index in [1.807, 2.05) is 0 Å². The van der Waals surface area contributed by atoms with Crippen molar-refractivity contribution in [2.75, 3.05) is 0 Å². The molecule has 4 aliphatic rings. The zero-order valence-electron chi connectivity index (χ0n) is 10.2. The third-order valence-electron chi connectivity index (χ3n) is 5.19. The number of hydrogen-bond acceptors (Lipinski definition) is 2. The van der Waals surface area contributed by atoms with Gasteiger partial charge in [-0.05, 0) is 30.1 Å². The molecule has 2 saturated carbocycles. The Hall–Kier alpha value is -0.630. The summed E-state index contributed by atoms with van der Waals surface area (Å²) in [4.78, 5) is 12.0. The molecule has 5 atom stereocenters. The monoisotopic (exact) mass is 220 g/mol. The minimum atomic E-state index is -0.766. The number of rotatable bonds is 0. The number of carbonyl (C=O) groups excluding carboxylic acids is 1. The zero-order chi connectivity index (χ0) is 11.7. The molecule has 0 aromatic carbocycles. The van der Waals surface area contributed by atoms with Crippen molar-refractivity contribution < 1.29 is 9.90 Å². The number of hydrogen-bond donors (Lipinski definition) is 1. The summed E-state index contributed by atoms with van der Waals surface area (Å²) < 4.78 is 0. The van der Waals surface area contributed by atoms with Crippen molar-refractivity contribution in [2.24, 2.45) is 28.6 Å². The predicted molar refractivity (Wildman–Crippen MR) is 61.7 cm³/mol. The van der Waals surface area contributed by atoms with Crippen LogP contribution in [0.1, 0.15) is 33.6 Å². The third-order valence-corrected chi connectivity index (χ3v) is 5.19. The van der Waals surface area contributed by atoms with Crippen molar-refractivity contribution in [1.82, 2.24) is 0 Å². The van der Waals surface area contributed by atoms with Gasteiger partial charge in [-0.3, -0.25) is 4.79 Å². The van der Waals surface area contributed by atoms with Crippen molar-refractivity contribution in [3.63, 3.8) is 0 Å². The lowest BCUT2D eigenvalue weighted by Crippen LogP contribution is -2.56. The molecule has 2 bridgehead atoms. The molecule has 2 nitrogen and oxygen atoms in total. The summed E-state index contributed by atoms with van der Waals surface area (Å²) in [7, 11) is 0. The summed E-state index contributed by atoms with van der Waals surface area (Å²) in [5.41, 5.74) is 0.0233. The quantitative estimate of drug-likeness (QED) is 0.635. The number of allylic oxidation sites excluding steroid dienone is 1. The zero-order valence-corrected chi connectivity index (χ0v) is 10.2. The lowest BCUT2D eigenvalue weighted by molar-refractivity contribution is -0.149. The van der Waals surface area contributed by atoms with Crippen LogP contribution in [0.4, 0.5) is 0 Å². The molecule has 0 aromatic heterocycles. The molecule has 0 unspecified atom stereocenters. The van der Waals surface area contributed by atoms with Crippen LogP contribution in [-0.2, 0) is 4.79 Å². The van der Waals surface area contributed by atoms with E-state index < -0.39 is 6.10 Å². The molecular weight excluding hydrogens is 200 g/mol. The van der Waals surface area contributed by atoms with Crippen LogP contribution in [0.3, 0.4) is 0 Å². The summed E-state index contributed by atoms with van der Waals surface area (Å²) in [6, 6.07) is 0. The Morgan fingerprint density at radius 2 is 2.00 bits per heavy atom. The summed E-state index contributed by atoms with van der Waals surface area (Å²) >= 11 is 0. The fourth-order valence-corrected chi connectivity index (χ4v) is 4.33. The maximum absolute atomic E-state index is 12.0. The van der Waals surface area contributed by atoms with E-state index in [0.717, 1.165) is 12.8 Å². The Bertz CT molecular complexity index is 382. The van der Waals surface area contributed by atoms with Gasteiger partial charge in [0.15, 0.2) is 5.78 Å². The summed E-state index contributed by atoms with van der Waals surface area (Å²) in [6.45, 7) is 6.62. The van der Waals surface area contributed by atoms with Crippen LogP contribution in [0, 0.1) is 28.6 Å². The maximum Gasteiger partial charge on any atom is 0.169 e. The van der Waals surface area contributed by atoms with E-state index in [-0.39, 0.29) is 17.1 Å². The predicted octanol–water partition coefficient (Wildman–Crippen LogP) is 2.17. The van der Waals surface area contributed by atoms with Gasteiger partial charge < -0.3 is 5.11 Å². The molecule has 2 heteroatoms. The van der Waals surface area contributed by atoms with Gasteiger partial charge in [0.1, 0.15) is 6.10 Å². The van der Waals surface area contributed by atoms with Gasteiger partial charge in [0, 0.05) is 11.3 Å². The second-order valence-corrected chi connectivity index (χ2v) is 6.90. The van der Waals surface area contributed by atoms with Gasteiger partial charge in [0.05, 0.1) is 0 Å². The lowest BCUT2D eigenvalue weighted by atomic mass is 9.54. The molecule has 0 aliphatic heterocycles. The van der Waals surface area contributed by atoms with Gasteiger partial charge in [-0.15, -0.1) is 0 Å². The van der Waals surface area contributed by atoms with Crippen LogP contribution < -0.4 is 0 Å². The number of aliphatic hydroxyl groups is 1. The Morgan fingerprint density at radius 1 is 1.31 bits per heavy atom. The summed E-state index contributed by atoms with van der Waals surface area (Å²) in [6.07, 6.45) is 5.65. The molecule has 0 spiro atoms. The van der Waals surface area contributed by atoms with Crippen LogP contribution in [0.15, 0.2) is 12.2 Å². The van der Waals surface area contributed by atoms with Crippen LogP contribution in [0.2, 0.25) is 0 Å². The Morgan fingerprint density at radius 3 is 2.69 bits per heavy atom. The fourth-order valence-electron chi connectivity index (χ4n) is 4.33. The molecular formula is C14H20O2. The van der Waals surface area contributed by atoms with Crippen molar-refractivity contribution in [1.29, 1.82) is 0 Å². The SMILES string of the molecule is CC1(C)C[C@H]2[C@H]3C=C[C@](C)([C@@H](O)C3=O)[C@H]2C1. The highest BCUT2D eigenvalue weighted by Gasteiger charge is 2.61. The first-order chi connectivity index (χ1) is 7.35. The normalized spacial score (nSPS) is 53.1. The average Bonchev–Trinajstić information content (AvgIpc) is 2.51. The molecule has 0 saturated heterocycles. The highest BCUT2D eigenvalue weighted by atomic mass is 16.3. The van der Waals surface area contributed by atoms with Crippen LogP contribution in [-0.4, -0.2) is 17.0 Å². The Kier molecular flexibility index (Phi) is 1.83. The standard InChI is InChI=1S/C14H20O2/c1-13(2)6-9-8-4-5-14(3,10(9)7-13)12(16)11(8)15/h4-5,8-10,12,16H,6-7H2,1-3H3/t8-,9+,10+,12+,14+/m1/s1. The van der Waals surface area contributed by atoms with E-state index in [2.05, 4.69) is 32.9 Å². The highest BCUT2D eigenvalue weighted by Crippen LogP contribution is 2.61. The summed E-state index contributed by atoms with van der Waals surface area (Å²) in [5, 5.41) is 10.1. The van der Waals surface area contributed by atoms with Crippen molar-refractivity contribution in [3.05, 3.63) is 12.2 Å². The molecule has 16 heavy (non-hydrogen) atoms. The number of aliphatic hydroxyl groups excluding tert-OH is 1. The minimum Gasteiger partial charge on any atom is -0.384 e. The van der Waals surface area contributed by atoms with Crippen LogP contribution >= 0.6 is 0 Å². The van der Waals surface area contributed by atoms with E-state index in [1.54, 1.807) is 0 Å². The maximum atomic E-state index is 12.0. The topological polar surface area (TPSA) is 37.3 Å². The number of Topliss-reactive ketones (excluding diaryl/α,β-unsaturated/α-hetero) is 1. The number of ketones is 1. The largest absolute Gasteiger partial charge is 0.384 e. The second-order valence-electron chi connectivity index (χ2n) is 6.90. The fraction of sp³-hybridized carbons (Fsp3) is 0.786. The Balaban J connectivity index is 2.07. The smallest absolute Gasteiger partial charge is 0.169 e. The molecule has 0 amide bonds. The molecule has 1 N–H and O–H groups in total. The minimum absolute atomic E-state index is 0.0106. The Labute approximate surface area is 96.7 Å². The molecule has 0 radical (unpaired) electrons. The van der Waals surface area contributed by atoms with Crippen LogP contribution in [0.5, 0.6) is 0 Å². The van der Waals surface area contributed by atoms with E-state index in [9.17, 15) is 9.90 Å². The molecule has 4 rings (SSSR count). The van der Waals surface area contributed by atoms with Gasteiger partial charge in [-0.2, -0.15) is 0 Å². The molecule has 4 aliphatic carbocycles. The first kappa shape index (κ1) is 10.5. The van der Waals surface area contributed by atoms with E-state index >= 15 is 0 Å². The molecule has 88 valence electrons. The van der Waals surface area contributed by atoms with E-state index in [0.29, 0.717) is 17.3 Å². The van der Waals surface area contributed by atoms with Crippen molar-refractivity contribution in [3.8, 4) is 0 Å². The number of carbonyl (C=O) groups is 1. The first-order valence-corrected chi connectivity index (χ1v) is 6.26. The highest BCUT2D eigenvalue weighted by molar-refractivity contribution is 5.90. The van der Waals surface area contributed by atoms with Gasteiger partial charge in [0.25, 0.3) is 0 Å². The van der Waals surface area contributed by atoms with Crippen molar-refractivity contribution in [2.45, 2.75) is 39.7 Å². The number of fused-ring (bicyclic) bond motifs is 1. The van der Waals surface area contributed by atoms with Gasteiger partial charge in [-0.25, -0.2) is 0 Å². The van der Waals surface area contributed by atoms with E-state index in [1.165, 1.54) is 0 Å². The third kappa shape index (κ3) is 1.09. The average molecular weight is 220 g/mol. The van der Waals surface area contributed by atoms with Crippen molar-refractivity contribution >= 4 is 5.78 Å². The molecule has 2 fully saturated rings. The molecule has 0 heterocycles. The van der Waals surface area contributed by atoms with Gasteiger partial charge in [-0.1, -0.05) is 32.9 Å².